The van der Waals surface area contributed by atoms with Gasteiger partial charge in [0, 0.05) is 11.6 Å². The Labute approximate surface area is 140 Å². The molecule has 24 heavy (non-hydrogen) atoms. The summed E-state index contributed by atoms with van der Waals surface area (Å²) in [7, 11) is -4.04. The monoisotopic (exact) mass is 346 g/mol. The Morgan fingerprint density at radius 2 is 2.08 bits per heavy atom. The van der Waals surface area contributed by atoms with Crippen molar-refractivity contribution >= 4 is 27.0 Å². The van der Waals surface area contributed by atoms with Gasteiger partial charge in [-0.2, -0.15) is 0 Å². The van der Waals surface area contributed by atoms with Crippen LogP contribution in [0.1, 0.15) is 37.7 Å². The summed E-state index contributed by atoms with van der Waals surface area (Å²) in [5, 5.41) is 9.97. The number of carbonyl (C=O) groups is 1. The molecule has 2 aromatic heterocycles. The van der Waals surface area contributed by atoms with Gasteiger partial charge in [0.15, 0.2) is 5.65 Å². The molecule has 1 aliphatic carbocycles. The molecule has 6 nitrogen and oxygen atoms in total. The predicted octanol–water partition coefficient (Wildman–Crippen LogP) is 2.97. The molecule has 0 radical (unpaired) electrons. The number of rotatable bonds is 3. The molecule has 0 amide bonds. The van der Waals surface area contributed by atoms with Crippen molar-refractivity contribution in [1.29, 1.82) is 0 Å². The molecule has 0 aromatic carbocycles. The number of hydrogen-bond donors (Lipinski definition) is 1. The van der Waals surface area contributed by atoms with Crippen LogP contribution < -0.4 is 0 Å². The molecule has 0 saturated carbocycles. The lowest BCUT2D eigenvalue weighted by molar-refractivity contribution is 0.0689. The zero-order valence-electron chi connectivity index (χ0n) is 13.6. The van der Waals surface area contributed by atoms with Crippen LogP contribution in [0.4, 0.5) is 0 Å². The highest BCUT2D eigenvalue weighted by molar-refractivity contribution is 7.91. The first-order valence-electron chi connectivity index (χ1n) is 7.49. The van der Waals surface area contributed by atoms with E-state index in [9.17, 15) is 18.3 Å². The lowest BCUT2D eigenvalue weighted by Gasteiger charge is -2.33. The fourth-order valence-corrected chi connectivity index (χ4v) is 5.09. The van der Waals surface area contributed by atoms with Crippen LogP contribution in [0, 0.1) is 0 Å². The number of nitrogens with zero attached hydrogens (tertiary/aromatic N) is 2. The second kappa shape index (κ2) is 5.31. The Kier molecular flexibility index (Phi) is 3.64. The quantitative estimate of drug-likeness (QED) is 0.923. The fourth-order valence-electron chi connectivity index (χ4n) is 3.06. The smallest absolute Gasteiger partial charge is 0.353 e. The van der Waals surface area contributed by atoms with Crippen molar-refractivity contribution in [2.75, 3.05) is 0 Å². The first-order chi connectivity index (χ1) is 11.2. The van der Waals surface area contributed by atoms with Gasteiger partial charge < -0.3 is 5.11 Å². The van der Waals surface area contributed by atoms with E-state index in [1.165, 1.54) is 12.3 Å². The summed E-state index contributed by atoms with van der Waals surface area (Å²) in [4.78, 5) is 15.7. The molecule has 1 unspecified atom stereocenters. The van der Waals surface area contributed by atoms with Crippen LogP contribution in [0.3, 0.4) is 0 Å². The highest BCUT2D eigenvalue weighted by Gasteiger charge is 2.45. The first kappa shape index (κ1) is 16.4. The number of pyridine rings is 1. The Morgan fingerprint density at radius 3 is 2.75 bits per heavy atom. The van der Waals surface area contributed by atoms with E-state index in [0.717, 1.165) is 9.55 Å². The number of carboxylic acids is 1. The van der Waals surface area contributed by atoms with Crippen LogP contribution >= 0.6 is 0 Å². The molecule has 0 spiro atoms. The van der Waals surface area contributed by atoms with Gasteiger partial charge >= 0.3 is 5.97 Å². The lowest BCUT2D eigenvalue weighted by atomic mass is 9.89. The minimum Gasteiger partial charge on any atom is -0.477 e. The fraction of sp³-hybridized carbons (Fsp3) is 0.294. The van der Waals surface area contributed by atoms with E-state index in [1.807, 2.05) is 13.0 Å². The number of fused-ring (bicyclic) bond motifs is 1. The second-order valence-electron chi connectivity index (χ2n) is 6.17. The van der Waals surface area contributed by atoms with E-state index in [-0.39, 0.29) is 17.8 Å². The van der Waals surface area contributed by atoms with Crippen molar-refractivity contribution in [3.05, 3.63) is 53.4 Å². The van der Waals surface area contributed by atoms with Crippen molar-refractivity contribution in [2.45, 2.75) is 31.9 Å². The highest BCUT2D eigenvalue weighted by atomic mass is 32.2. The molecule has 0 bridgehead atoms. The van der Waals surface area contributed by atoms with Crippen molar-refractivity contribution in [1.82, 2.24) is 8.96 Å². The summed E-state index contributed by atoms with van der Waals surface area (Å²) < 4.78 is 26.6. The van der Waals surface area contributed by atoms with Gasteiger partial charge in [-0.05, 0) is 51.0 Å². The molecular weight excluding hydrogens is 328 g/mol. The normalized spacial score (nSPS) is 21.5. The average Bonchev–Trinajstić information content (AvgIpc) is 2.92. The van der Waals surface area contributed by atoms with Crippen LogP contribution in [0.15, 0.2) is 47.7 Å². The largest absolute Gasteiger partial charge is 0.477 e. The van der Waals surface area contributed by atoms with Crippen molar-refractivity contribution < 1.29 is 18.3 Å². The van der Waals surface area contributed by atoms with Crippen molar-refractivity contribution in [3.63, 3.8) is 0 Å². The van der Waals surface area contributed by atoms with E-state index in [2.05, 4.69) is 4.98 Å². The summed E-state index contributed by atoms with van der Waals surface area (Å²) in [6.45, 7) is 5.25. The Bertz CT molecular complexity index is 1010. The second-order valence-corrected chi connectivity index (χ2v) is 8.38. The van der Waals surface area contributed by atoms with Crippen LogP contribution in [-0.4, -0.2) is 33.2 Å². The van der Waals surface area contributed by atoms with Crippen LogP contribution in [0.25, 0.3) is 11.0 Å². The van der Waals surface area contributed by atoms with Gasteiger partial charge in [-0.25, -0.2) is 22.2 Å². The van der Waals surface area contributed by atoms with Gasteiger partial charge in [-0.15, -0.1) is 0 Å². The molecule has 3 rings (SSSR count). The number of allylic oxidation sites excluding steroid dienone is 3. The molecule has 0 saturated heterocycles. The van der Waals surface area contributed by atoms with Gasteiger partial charge in [0.2, 0.25) is 0 Å². The van der Waals surface area contributed by atoms with Gasteiger partial charge in [-0.1, -0.05) is 17.7 Å². The maximum atomic E-state index is 13.5. The molecule has 1 N–H and O–H groups in total. The van der Waals surface area contributed by atoms with E-state index in [0.29, 0.717) is 11.0 Å². The third-order valence-electron chi connectivity index (χ3n) is 4.81. The molecule has 1 aliphatic rings. The maximum Gasteiger partial charge on any atom is 0.353 e. The third-order valence-corrected chi connectivity index (χ3v) is 7.27. The molecule has 2 aromatic rings. The Balaban J connectivity index is 2.36. The zero-order valence-corrected chi connectivity index (χ0v) is 14.5. The zero-order chi connectivity index (χ0) is 17.7. The van der Waals surface area contributed by atoms with Crippen molar-refractivity contribution in [2.24, 2.45) is 0 Å². The Hall–Kier alpha value is -2.41. The first-order valence-corrected chi connectivity index (χ1v) is 8.93. The van der Waals surface area contributed by atoms with Gasteiger partial charge in [0.1, 0.15) is 10.4 Å². The SMILES string of the molecule is CC1=C(C)C(C)(S(=O)(=O)n2c(C(=O)O)cc3cccnc32)CC=C1. The molecule has 0 aliphatic heterocycles. The Morgan fingerprint density at radius 1 is 1.38 bits per heavy atom. The summed E-state index contributed by atoms with van der Waals surface area (Å²) in [6, 6.07) is 4.64. The molecule has 1 atom stereocenters. The summed E-state index contributed by atoms with van der Waals surface area (Å²) in [6.07, 6.45) is 5.43. The summed E-state index contributed by atoms with van der Waals surface area (Å²) >= 11 is 0. The van der Waals surface area contributed by atoms with Crippen LogP contribution in [-0.2, 0) is 10.0 Å². The lowest BCUT2D eigenvalue weighted by Crippen LogP contribution is -2.42. The number of aromatic carboxylic acids is 1. The molecule has 7 heteroatoms. The van der Waals surface area contributed by atoms with Crippen LogP contribution in [0.2, 0.25) is 0 Å². The van der Waals surface area contributed by atoms with Gasteiger partial charge in [0.05, 0.1) is 0 Å². The van der Waals surface area contributed by atoms with Gasteiger partial charge in [0.25, 0.3) is 10.0 Å². The van der Waals surface area contributed by atoms with E-state index in [1.54, 1.807) is 32.1 Å². The summed E-state index contributed by atoms with van der Waals surface area (Å²) in [5.41, 5.74) is 1.41. The highest BCUT2D eigenvalue weighted by Crippen LogP contribution is 2.39. The summed E-state index contributed by atoms with van der Waals surface area (Å²) in [5.74, 6) is -1.30. The van der Waals surface area contributed by atoms with E-state index >= 15 is 0 Å². The predicted molar refractivity (Wildman–Crippen MR) is 91.5 cm³/mol. The van der Waals surface area contributed by atoms with E-state index in [4.69, 9.17) is 0 Å². The standard InChI is InChI=1S/C17H18N2O4S/c1-11-6-4-8-17(3,12(11)2)24(22,23)19-14(16(20)21)10-13-7-5-9-18-15(13)19/h4-7,9-10H,8H2,1-3H3,(H,20,21). The number of hydrogen-bond acceptors (Lipinski definition) is 4. The minimum absolute atomic E-state index is 0.135. The van der Waals surface area contributed by atoms with Crippen molar-refractivity contribution in [3.8, 4) is 0 Å². The topological polar surface area (TPSA) is 89.3 Å². The number of aromatic nitrogens is 2. The molecule has 0 fully saturated rings. The molecule has 2 heterocycles. The average molecular weight is 346 g/mol. The number of carboxylic acid groups (broad SMARTS) is 1. The molecular formula is C17H18N2O4S. The van der Waals surface area contributed by atoms with Crippen LogP contribution in [0.5, 0.6) is 0 Å². The molecule has 126 valence electrons. The minimum atomic E-state index is -4.04. The maximum absolute atomic E-state index is 13.5. The third kappa shape index (κ3) is 2.11. The van der Waals surface area contributed by atoms with Gasteiger partial charge in [-0.3, -0.25) is 0 Å². The van der Waals surface area contributed by atoms with E-state index < -0.39 is 20.7 Å².